The van der Waals surface area contributed by atoms with Crippen LogP contribution in [0.1, 0.15) is 35.3 Å². The molecule has 4 nitrogen and oxygen atoms in total. The minimum atomic E-state index is 0.185. The fourth-order valence-electron chi connectivity index (χ4n) is 3.46. The number of fused-ring (bicyclic) bond motifs is 1. The molecule has 3 aromatic rings. The molecule has 4 heteroatoms. The van der Waals surface area contributed by atoms with Crippen molar-refractivity contribution in [2.45, 2.75) is 32.5 Å². The fraction of sp³-hybridized carbons (Fsp3) is 0.273. The van der Waals surface area contributed by atoms with Crippen LogP contribution in [0.5, 0.6) is 0 Å². The monoisotopic (exact) mass is 344 g/mol. The molecule has 0 fully saturated rings. The molecule has 0 amide bonds. The third kappa shape index (κ3) is 3.75. The van der Waals surface area contributed by atoms with Gasteiger partial charge in [-0.1, -0.05) is 42.5 Å². The number of hydrogen-bond donors (Lipinski definition) is 1. The van der Waals surface area contributed by atoms with E-state index in [0.29, 0.717) is 0 Å². The average molecular weight is 344 g/mol. The van der Waals surface area contributed by atoms with E-state index in [4.69, 9.17) is 0 Å². The van der Waals surface area contributed by atoms with Crippen LogP contribution in [-0.2, 0) is 19.5 Å². The van der Waals surface area contributed by atoms with Crippen molar-refractivity contribution in [3.63, 3.8) is 0 Å². The summed E-state index contributed by atoms with van der Waals surface area (Å²) in [5.74, 6) is 0. The number of benzene rings is 2. The third-order valence-electron chi connectivity index (χ3n) is 5.02. The highest BCUT2D eigenvalue weighted by molar-refractivity contribution is 5.58. The second kappa shape index (κ2) is 7.67. The lowest BCUT2D eigenvalue weighted by Gasteiger charge is -2.19. The molecule has 0 aliphatic carbocycles. The van der Waals surface area contributed by atoms with E-state index in [-0.39, 0.29) is 6.04 Å². The molecule has 1 aliphatic rings. The molecular weight excluding hydrogens is 320 g/mol. The van der Waals surface area contributed by atoms with Gasteiger partial charge in [-0.25, -0.2) is 0 Å². The van der Waals surface area contributed by atoms with Crippen LogP contribution in [0.25, 0.3) is 0 Å². The van der Waals surface area contributed by atoms with Gasteiger partial charge in [-0.3, -0.25) is 9.97 Å². The van der Waals surface area contributed by atoms with Gasteiger partial charge < -0.3 is 10.2 Å². The standard InChI is InChI=1S/C22H24N4/c1-17(21-15-23-11-12-24-21)25-14-18-6-8-19(9-7-18)16-26-13-10-20-4-2-3-5-22(20)26/h2-9,11-12,15,17,25H,10,13-14,16H2,1H3/t17-/m1/s1. The third-order valence-corrected chi connectivity index (χ3v) is 5.02. The molecule has 4 rings (SSSR count). The van der Waals surface area contributed by atoms with E-state index in [9.17, 15) is 0 Å². The molecule has 1 aromatic heterocycles. The zero-order valence-corrected chi connectivity index (χ0v) is 15.1. The highest BCUT2D eigenvalue weighted by Gasteiger charge is 2.18. The van der Waals surface area contributed by atoms with Crippen molar-refractivity contribution in [2.75, 3.05) is 11.4 Å². The van der Waals surface area contributed by atoms with Gasteiger partial charge in [-0.2, -0.15) is 0 Å². The molecule has 132 valence electrons. The van der Waals surface area contributed by atoms with E-state index < -0.39 is 0 Å². The quantitative estimate of drug-likeness (QED) is 0.736. The summed E-state index contributed by atoms with van der Waals surface area (Å²) < 4.78 is 0. The fourth-order valence-corrected chi connectivity index (χ4v) is 3.46. The summed E-state index contributed by atoms with van der Waals surface area (Å²) in [5, 5.41) is 3.51. The number of aromatic nitrogens is 2. The average Bonchev–Trinajstić information content (AvgIpc) is 3.11. The Morgan fingerprint density at radius 1 is 1.04 bits per heavy atom. The van der Waals surface area contributed by atoms with E-state index in [1.165, 1.54) is 22.4 Å². The topological polar surface area (TPSA) is 41.0 Å². The van der Waals surface area contributed by atoms with E-state index in [2.05, 4.69) is 75.6 Å². The molecule has 0 spiro atoms. The number of nitrogens with one attached hydrogen (secondary N) is 1. The first-order valence-electron chi connectivity index (χ1n) is 9.19. The van der Waals surface area contributed by atoms with Gasteiger partial charge in [0.15, 0.2) is 0 Å². The second-order valence-electron chi connectivity index (χ2n) is 6.85. The summed E-state index contributed by atoms with van der Waals surface area (Å²) in [6.45, 7) is 5.02. The molecule has 1 N–H and O–H groups in total. The minimum Gasteiger partial charge on any atom is -0.367 e. The summed E-state index contributed by atoms with van der Waals surface area (Å²) in [7, 11) is 0. The van der Waals surface area contributed by atoms with E-state index in [0.717, 1.165) is 31.7 Å². The highest BCUT2D eigenvalue weighted by atomic mass is 15.1. The van der Waals surface area contributed by atoms with Gasteiger partial charge in [0.2, 0.25) is 0 Å². The molecule has 1 aliphatic heterocycles. The summed E-state index contributed by atoms with van der Waals surface area (Å²) in [6, 6.07) is 17.8. The second-order valence-corrected chi connectivity index (χ2v) is 6.85. The zero-order valence-electron chi connectivity index (χ0n) is 15.1. The van der Waals surface area contributed by atoms with Gasteiger partial charge in [0, 0.05) is 50.0 Å². The van der Waals surface area contributed by atoms with Crippen LogP contribution in [0.3, 0.4) is 0 Å². The maximum absolute atomic E-state index is 4.35. The lowest BCUT2D eigenvalue weighted by molar-refractivity contribution is 0.559. The van der Waals surface area contributed by atoms with Crippen LogP contribution < -0.4 is 10.2 Å². The predicted molar refractivity (Wildman–Crippen MR) is 105 cm³/mol. The lowest BCUT2D eigenvalue weighted by atomic mass is 10.1. The Morgan fingerprint density at radius 3 is 2.65 bits per heavy atom. The van der Waals surface area contributed by atoms with E-state index >= 15 is 0 Å². The molecule has 0 saturated carbocycles. The Balaban J connectivity index is 1.34. The van der Waals surface area contributed by atoms with Crippen molar-refractivity contribution in [1.29, 1.82) is 0 Å². The van der Waals surface area contributed by atoms with Crippen LogP contribution in [0, 0.1) is 0 Å². The molecule has 2 heterocycles. The predicted octanol–water partition coefficient (Wildman–Crippen LogP) is 3.89. The molecule has 2 aromatic carbocycles. The van der Waals surface area contributed by atoms with Crippen LogP contribution in [0.2, 0.25) is 0 Å². The smallest absolute Gasteiger partial charge is 0.0753 e. The van der Waals surface area contributed by atoms with Crippen molar-refractivity contribution in [3.8, 4) is 0 Å². The Hall–Kier alpha value is -2.72. The van der Waals surface area contributed by atoms with Gasteiger partial charge in [-0.05, 0) is 36.1 Å². The van der Waals surface area contributed by atoms with E-state index in [1.807, 2.05) is 6.20 Å². The van der Waals surface area contributed by atoms with Crippen molar-refractivity contribution < 1.29 is 0 Å². The molecule has 0 radical (unpaired) electrons. The Kier molecular flexibility index (Phi) is 4.93. The van der Waals surface area contributed by atoms with Crippen LogP contribution in [0.15, 0.2) is 67.1 Å². The first kappa shape index (κ1) is 16.7. The van der Waals surface area contributed by atoms with Crippen LogP contribution in [0.4, 0.5) is 5.69 Å². The van der Waals surface area contributed by atoms with Gasteiger partial charge >= 0.3 is 0 Å². The van der Waals surface area contributed by atoms with Gasteiger partial charge in [0.1, 0.15) is 0 Å². The first-order chi connectivity index (χ1) is 12.8. The Bertz CT molecular complexity index is 846. The highest BCUT2D eigenvalue weighted by Crippen LogP contribution is 2.28. The van der Waals surface area contributed by atoms with E-state index in [1.54, 1.807) is 12.4 Å². The maximum Gasteiger partial charge on any atom is 0.0753 e. The summed E-state index contributed by atoms with van der Waals surface area (Å²) in [6.07, 6.45) is 6.40. The number of para-hydroxylation sites is 1. The normalized spacial score (nSPS) is 14.3. The largest absolute Gasteiger partial charge is 0.367 e. The van der Waals surface area contributed by atoms with Crippen molar-refractivity contribution in [2.24, 2.45) is 0 Å². The molecule has 26 heavy (non-hydrogen) atoms. The van der Waals surface area contributed by atoms with Crippen LogP contribution in [-0.4, -0.2) is 16.5 Å². The molecule has 0 saturated heterocycles. The Labute approximate surface area is 154 Å². The summed E-state index contributed by atoms with van der Waals surface area (Å²) in [4.78, 5) is 11.0. The molecule has 0 bridgehead atoms. The number of anilines is 1. The summed E-state index contributed by atoms with van der Waals surface area (Å²) in [5.41, 5.74) is 6.46. The maximum atomic E-state index is 4.35. The molecule has 1 atom stereocenters. The SMILES string of the molecule is C[C@@H](NCc1ccc(CN2CCc3ccccc32)cc1)c1cnccn1. The van der Waals surface area contributed by atoms with Crippen molar-refractivity contribution >= 4 is 5.69 Å². The minimum absolute atomic E-state index is 0.185. The van der Waals surface area contributed by atoms with Crippen molar-refractivity contribution in [3.05, 3.63) is 89.5 Å². The van der Waals surface area contributed by atoms with Crippen LogP contribution >= 0.6 is 0 Å². The summed E-state index contributed by atoms with van der Waals surface area (Å²) >= 11 is 0. The van der Waals surface area contributed by atoms with Gasteiger partial charge in [0.25, 0.3) is 0 Å². The van der Waals surface area contributed by atoms with Crippen molar-refractivity contribution in [1.82, 2.24) is 15.3 Å². The number of nitrogens with zero attached hydrogens (tertiary/aromatic N) is 3. The number of hydrogen-bond acceptors (Lipinski definition) is 4. The molecule has 0 unspecified atom stereocenters. The molecular formula is C22H24N4. The van der Waals surface area contributed by atoms with Gasteiger partial charge in [0.05, 0.1) is 5.69 Å². The Morgan fingerprint density at radius 2 is 1.85 bits per heavy atom. The zero-order chi connectivity index (χ0) is 17.8. The lowest BCUT2D eigenvalue weighted by Crippen LogP contribution is -2.20. The van der Waals surface area contributed by atoms with Gasteiger partial charge in [-0.15, -0.1) is 0 Å². The number of rotatable bonds is 6. The first-order valence-corrected chi connectivity index (χ1v) is 9.19.